The maximum absolute atomic E-state index is 8.66. The average molecular weight is 288 g/mol. The van der Waals surface area contributed by atoms with Crippen molar-refractivity contribution in [3.63, 3.8) is 0 Å². The summed E-state index contributed by atoms with van der Waals surface area (Å²) in [5, 5.41) is 0. The molecule has 2 N–H and O–H groups in total. The summed E-state index contributed by atoms with van der Waals surface area (Å²) in [6, 6.07) is 0. The molecule has 0 fully saturated rings. The van der Waals surface area contributed by atoms with Crippen LogP contribution in [0.15, 0.2) is 0 Å². The number of hydrogen-bond donors (Lipinski definition) is 2. The molecule has 0 aliphatic heterocycles. The van der Waals surface area contributed by atoms with Crippen LogP contribution in [0.3, 0.4) is 0 Å². The maximum atomic E-state index is 8.66. The van der Waals surface area contributed by atoms with Crippen LogP contribution in [0.4, 0.5) is 0 Å². The molecule has 0 unspecified atom stereocenters. The van der Waals surface area contributed by atoms with Crippen LogP contribution in [-0.2, 0) is 30.2 Å². The van der Waals surface area contributed by atoms with Crippen molar-refractivity contribution in [2.75, 3.05) is 0 Å². The van der Waals surface area contributed by atoms with Gasteiger partial charge in [0.05, 0.1) is 15.6 Å². The Kier molecular flexibility index (Phi) is 10.4. The topological polar surface area (TPSA) is 167 Å². The molecular weight excluding hydrogens is 286 g/mol. The van der Waals surface area contributed by atoms with Crippen LogP contribution in [0.25, 0.3) is 0 Å². The molecular formula is H2MoO8P2. The third kappa shape index (κ3) is 1050. The molecule has 0 saturated heterocycles. The fraction of sp³-hybridized carbons (Fsp3) is 0. The van der Waals surface area contributed by atoms with E-state index in [2.05, 4.69) is 0 Å². The zero-order valence-electron chi connectivity index (χ0n) is 4.65. The zero-order chi connectivity index (χ0) is 9.00. The Bertz CT molecular complexity index is 124. The van der Waals surface area contributed by atoms with Gasteiger partial charge in [0.2, 0.25) is 0 Å². The van der Waals surface area contributed by atoms with E-state index in [1.165, 1.54) is 0 Å². The molecule has 0 aliphatic carbocycles. The van der Waals surface area contributed by atoms with Crippen LogP contribution in [0.5, 0.6) is 0 Å². The molecule has 0 aliphatic rings. The fourth-order valence-electron chi connectivity index (χ4n) is 0. The largest absolute Gasteiger partial charge is 4.00 e. The Balaban J connectivity index is -0.000000107. The summed E-state index contributed by atoms with van der Waals surface area (Å²) in [5.74, 6) is 0. The van der Waals surface area contributed by atoms with Crippen molar-refractivity contribution in [1.82, 2.24) is 0 Å². The van der Waals surface area contributed by atoms with Gasteiger partial charge in [-0.2, -0.15) is 0 Å². The van der Waals surface area contributed by atoms with Crippen molar-refractivity contribution in [3.05, 3.63) is 0 Å². The SMILES string of the molecule is O=P([O-])([O-])O.O=P([O-])([O-])O.[Mo+4]. The summed E-state index contributed by atoms with van der Waals surface area (Å²) < 4.78 is 17.3. The van der Waals surface area contributed by atoms with E-state index in [0.717, 1.165) is 0 Å². The summed E-state index contributed by atoms with van der Waals surface area (Å²) >= 11 is 0. The molecule has 0 rings (SSSR count). The van der Waals surface area contributed by atoms with Gasteiger partial charge in [-0.15, -0.1) is 0 Å². The normalized spacial score (nSPS) is 10.7. The molecule has 0 radical (unpaired) electrons. The van der Waals surface area contributed by atoms with Gasteiger partial charge in [-0.05, 0) is 0 Å². The second-order valence-electron chi connectivity index (χ2n) is 0.937. The van der Waals surface area contributed by atoms with E-state index in [-0.39, 0.29) is 21.1 Å². The molecule has 0 aromatic heterocycles. The third-order valence-corrected chi connectivity index (χ3v) is 0. The van der Waals surface area contributed by atoms with Crippen molar-refractivity contribution in [2.24, 2.45) is 0 Å². The molecule has 11 heavy (non-hydrogen) atoms. The van der Waals surface area contributed by atoms with Gasteiger partial charge in [0.1, 0.15) is 0 Å². The van der Waals surface area contributed by atoms with E-state index in [1.807, 2.05) is 0 Å². The second-order valence-corrected chi connectivity index (χ2v) is 2.81. The van der Waals surface area contributed by atoms with Gasteiger partial charge in [0.15, 0.2) is 0 Å². The van der Waals surface area contributed by atoms with Crippen molar-refractivity contribution in [2.45, 2.75) is 0 Å². The van der Waals surface area contributed by atoms with E-state index in [1.54, 1.807) is 0 Å². The summed E-state index contributed by atoms with van der Waals surface area (Å²) in [6.07, 6.45) is 0. The standard InChI is InChI=1S/Mo.2H3O4P/c;2*1-5(2,3)4/h;2*(H3,1,2,3,4)/q+4;;/p-4. The first kappa shape index (κ1) is 17.9. The minimum absolute atomic E-state index is 0. The van der Waals surface area contributed by atoms with E-state index in [4.69, 9.17) is 38.5 Å². The minimum atomic E-state index is -5.14. The Morgan fingerprint density at radius 2 is 0.818 bits per heavy atom. The van der Waals surface area contributed by atoms with Gasteiger partial charge in [0, 0.05) is 0 Å². The quantitative estimate of drug-likeness (QED) is 0.333. The van der Waals surface area contributed by atoms with Crippen LogP contribution in [-0.4, -0.2) is 9.79 Å². The summed E-state index contributed by atoms with van der Waals surface area (Å²) in [4.78, 5) is 48.6. The molecule has 11 heteroatoms. The van der Waals surface area contributed by atoms with E-state index < -0.39 is 15.6 Å². The predicted molar refractivity (Wildman–Crippen MR) is 19.7 cm³/mol. The fourth-order valence-corrected chi connectivity index (χ4v) is 0. The van der Waals surface area contributed by atoms with Crippen LogP contribution < -0.4 is 19.6 Å². The van der Waals surface area contributed by atoms with Gasteiger partial charge in [-0.1, -0.05) is 0 Å². The first-order valence-electron chi connectivity index (χ1n) is 1.50. The van der Waals surface area contributed by atoms with Crippen LogP contribution in [0, 0.1) is 0 Å². The Hall–Kier alpha value is 0.908. The zero-order valence-corrected chi connectivity index (χ0v) is 8.44. The van der Waals surface area contributed by atoms with E-state index >= 15 is 0 Å². The third-order valence-electron chi connectivity index (χ3n) is 0. The van der Waals surface area contributed by atoms with Crippen molar-refractivity contribution >= 4 is 15.6 Å². The molecule has 0 heterocycles. The molecule has 0 aromatic carbocycles. The molecule has 8 nitrogen and oxygen atoms in total. The van der Waals surface area contributed by atoms with Gasteiger partial charge in [0.25, 0.3) is 0 Å². The molecule has 0 atom stereocenters. The van der Waals surface area contributed by atoms with Crippen molar-refractivity contribution in [3.8, 4) is 0 Å². The van der Waals surface area contributed by atoms with Gasteiger partial charge >= 0.3 is 21.1 Å². The Morgan fingerprint density at radius 1 is 0.818 bits per heavy atom. The first-order valence-corrected chi connectivity index (χ1v) is 4.49. The second kappa shape index (κ2) is 6.43. The first-order chi connectivity index (χ1) is 4.00. The summed E-state index contributed by atoms with van der Waals surface area (Å²) in [7, 11) is -10.3. The van der Waals surface area contributed by atoms with E-state index in [0.29, 0.717) is 0 Å². The van der Waals surface area contributed by atoms with Crippen molar-refractivity contribution in [1.29, 1.82) is 0 Å². The predicted octanol–water partition coefficient (Wildman–Crippen LogP) is -4.39. The molecule has 0 aromatic rings. The minimum Gasteiger partial charge on any atom is -0.790 e. The van der Waals surface area contributed by atoms with Crippen LogP contribution >= 0.6 is 15.6 Å². The molecule has 66 valence electrons. The van der Waals surface area contributed by atoms with Crippen molar-refractivity contribution < 1.29 is 59.6 Å². The summed E-state index contributed by atoms with van der Waals surface area (Å²) in [6.45, 7) is 0. The number of phosphoric acid groups is 2. The van der Waals surface area contributed by atoms with Gasteiger partial charge < -0.3 is 38.5 Å². The molecule has 0 amide bonds. The molecule has 0 saturated carbocycles. The number of rotatable bonds is 0. The van der Waals surface area contributed by atoms with Gasteiger partial charge in [-0.25, -0.2) is 0 Å². The molecule has 0 spiro atoms. The Labute approximate surface area is 75.6 Å². The molecule has 0 bridgehead atoms. The van der Waals surface area contributed by atoms with Crippen LogP contribution in [0.2, 0.25) is 0 Å². The maximum Gasteiger partial charge on any atom is 4.00 e. The van der Waals surface area contributed by atoms with E-state index in [9.17, 15) is 0 Å². The van der Waals surface area contributed by atoms with Gasteiger partial charge in [-0.3, -0.25) is 0 Å². The smallest absolute Gasteiger partial charge is 0.790 e. The number of hydrogen-bond acceptors (Lipinski definition) is 6. The summed E-state index contributed by atoms with van der Waals surface area (Å²) in [5.41, 5.74) is 0. The Morgan fingerprint density at radius 3 is 0.818 bits per heavy atom. The monoisotopic (exact) mass is 290 g/mol. The average Bonchev–Trinajstić information content (AvgIpc) is 1.12. The van der Waals surface area contributed by atoms with Crippen LogP contribution in [0.1, 0.15) is 0 Å².